The molecule has 0 aliphatic heterocycles. The molecule has 1 saturated carbocycles. The minimum Gasteiger partial charge on any atom is -0.457 e. The van der Waals surface area contributed by atoms with E-state index in [4.69, 9.17) is 4.74 Å². The van der Waals surface area contributed by atoms with Crippen molar-refractivity contribution in [3.63, 3.8) is 0 Å². The van der Waals surface area contributed by atoms with Crippen LogP contribution in [0.1, 0.15) is 34.1 Å². The Kier molecular flexibility index (Phi) is 3.18. The molecule has 0 spiro atoms. The quantitative estimate of drug-likeness (QED) is 0.569. The van der Waals surface area contributed by atoms with Crippen LogP contribution in [-0.4, -0.2) is 17.9 Å². The Balaban J connectivity index is 1.97. The Hall–Kier alpha value is -1.38. The number of ketones is 1. The molecule has 2 aliphatic carbocycles. The van der Waals surface area contributed by atoms with E-state index in [9.17, 15) is 9.59 Å². The number of ether oxygens (including phenoxy) is 1. The Morgan fingerprint density at radius 3 is 2.61 bits per heavy atom. The second-order valence-corrected chi connectivity index (χ2v) is 6.07. The summed E-state index contributed by atoms with van der Waals surface area (Å²) in [5.41, 5.74) is 1.19. The van der Waals surface area contributed by atoms with E-state index >= 15 is 0 Å². The molecule has 98 valence electrons. The number of carbonyl (C=O) groups excluding carboxylic acids is 2. The number of rotatable bonds is 3. The topological polar surface area (TPSA) is 43.4 Å². The van der Waals surface area contributed by atoms with E-state index in [1.165, 1.54) is 11.6 Å². The Bertz CT molecular complexity index is 439. The lowest BCUT2D eigenvalue weighted by atomic mass is 10.1. The largest absolute Gasteiger partial charge is 0.457 e. The van der Waals surface area contributed by atoms with Crippen molar-refractivity contribution in [2.24, 2.45) is 17.3 Å². The average Bonchev–Trinajstić information content (AvgIpc) is 2.56. The van der Waals surface area contributed by atoms with Crippen LogP contribution in [0, 0.1) is 17.3 Å². The first-order valence-corrected chi connectivity index (χ1v) is 6.39. The van der Waals surface area contributed by atoms with Crippen molar-refractivity contribution >= 4 is 11.8 Å². The summed E-state index contributed by atoms with van der Waals surface area (Å²) in [6.45, 7) is 8.24. The first-order chi connectivity index (χ1) is 8.32. The molecule has 3 heteroatoms. The molecule has 0 aromatic heterocycles. The fraction of sp³-hybridized carbons (Fsp3) is 0.600. The Labute approximate surface area is 108 Å². The van der Waals surface area contributed by atoms with Crippen molar-refractivity contribution in [1.82, 2.24) is 0 Å². The normalized spacial score (nSPS) is 32.2. The van der Waals surface area contributed by atoms with Gasteiger partial charge < -0.3 is 4.74 Å². The van der Waals surface area contributed by atoms with Gasteiger partial charge in [0, 0.05) is 0 Å². The van der Waals surface area contributed by atoms with Gasteiger partial charge in [-0.15, -0.1) is 0 Å². The lowest BCUT2D eigenvalue weighted by molar-refractivity contribution is -0.149. The molecule has 18 heavy (non-hydrogen) atoms. The predicted octanol–water partition coefficient (Wildman–Crippen LogP) is 2.67. The van der Waals surface area contributed by atoms with Crippen LogP contribution in [0.2, 0.25) is 0 Å². The molecule has 2 aliphatic rings. The maximum Gasteiger partial charge on any atom is 0.310 e. The molecule has 1 fully saturated rings. The third-order valence-corrected chi connectivity index (χ3v) is 3.84. The average molecular weight is 248 g/mol. The molecular weight excluding hydrogens is 228 g/mol. The summed E-state index contributed by atoms with van der Waals surface area (Å²) in [6, 6.07) is 0. The molecular formula is C15H20O3. The van der Waals surface area contributed by atoms with E-state index in [2.05, 4.69) is 19.9 Å². The molecule has 0 saturated heterocycles. The van der Waals surface area contributed by atoms with Crippen LogP contribution in [0.25, 0.3) is 0 Å². The van der Waals surface area contributed by atoms with Gasteiger partial charge in [0.1, 0.15) is 6.10 Å². The molecule has 0 unspecified atom stereocenters. The zero-order valence-electron chi connectivity index (χ0n) is 11.4. The van der Waals surface area contributed by atoms with Gasteiger partial charge in [0.2, 0.25) is 0 Å². The van der Waals surface area contributed by atoms with E-state index in [0.29, 0.717) is 6.42 Å². The molecule has 3 atom stereocenters. The van der Waals surface area contributed by atoms with E-state index in [1.54, 1.807) is 6.08 Å². The Morgan fingerprint density at radius 2 is 2.11 bits per heavy atom. The number of esters is 1. The first kappa shape index (κ1) is 13.1. The summed E-state index contributed by atoms with van der Waals surface area (Å²) in [5, 5.41) is 0. The number of allylic oxidation sites excluding steroid dienone is 3. The molecule has 3 nitrogen and oxygen atoms in total. The first-order valence-electron chi connectivity index (χ1n) is 6.39. The van der Waals surface area contributed by atoms with E-state index in [0.717, 1.165) is 0 Å². The summed E-state index contributed by atoms with van der Waals surface area (Å²) >= 11 is 0. The molecule has 0 aromatic carbocycles. The summed E-state index contributed by atoms with van der Waals surface area (Å²) in [6.07, 6.45) is 5.25. The van der Waals surface area contributed by atoms with Gasteiger partial charge in [-0.05, 0) is 37.3 Å². The Morgan fingerprint density at radius 1 is 1.44 bits per heavy atom. The van der Waals surface area contributed by atoms with Gasteiger partial charge in [-0.2, -0.15) is 0 Å². The van der Waals surface area contributed by atoms with Crippen LogP contribution in [0.3, 0.4) is 0 Å². The minimum absolute atomic E-state index is 0.0271. The van der Waals surface area contributed by atoms with E-state index in [-0.39, 0.29) is 35.1 Å². The van der Waals surface area contributed by atoms with Gasteiger partial charge in [-0.1, -0.05) is 25.5 Å². The molecule has 2 rings (SSSR count). The molecule has 0 aromatic rings. The standard InChI is InChI=1S/C15H20O3/c1-9(2)7-12-13(15(12,3)4)14(17)18-11-6-5-10(16)8-11/h5-7,11-13H,8H2,1-4H3/t11-,12-,13+/m0/s1. The zero-order chi connectivity index (χ0) is 13.5. The van der Waals surface area contributed by atoms with Crippen molar-refractivity contribution in [3.05, 3.63) is 23.8 Å². The van der Waals surface area contributed by atoms with Crippen LogP contribution in [0.5, 0.6) is 0 Å². The van der Waals surface area contributed by atoms with Gasteiger partial charge in [0.15, 0.2) is 5.78 Å². The van der Waals surface area contributed by atoms with Crippen molar-refractivity contribution in [1.29, 1.82) is 0 Å². The fourth-order valence-electron chi connectivity index (χ4n) is 2.65. The highest BCUT2D eigenvalue weighted by Gasteiger charge is 2.61. The molecule has 0 N–H and O–H groups in total. The van der Waals surface area contributed by atoms with E-state index in [1.807, 2.05) is 13.8 Å². The fourth-order valence-corrected chi connectivity index (χ4v) is 2.65. The number of hydrogen-bond donors (Lipinski definition) is 0. The van der Waals surface area contributed by atoms with Gasteiger partial charge in [-0.3, -0.25) is 9.59 Å². The van der Waals surface area contributed by atoms with Gasteiger partial charge in [0.25, 0.3) is 0 Å². The predicted molar refractivity (Wildman–Crippen MR) is 68.8 cm³/mol. The maximum absolute atomic E-state index is 12.1. The van der Waals surface area contributed by atoms with Crippen LogP contribution < -0.4 is 0 Å². The van der Waals surface area contributed by atoms with Crippen LogP contribution >= 0.6 is 0 Å². The summed E-state index contributed by atoms with van der Waals surface area (Å²) in [7, 11) is 0. The summed E-state index contributed by atoms with van der Waals surface area (Å²) in [4.78, 5) is 23.1. The second-order valence-electron chi connectivity index (χ2n) is 6.07. The highest BCUT2D eigenvalue weighted by atomic mass is 16.5. The molecule has 0 heterocycles. The molecule has 0 amide bonds. The highest BCUT2D eigenvalue weighted by Crippen LogP contribution is 2.59. The van der Waals surface area contributed by atoms with Gasteiger partial charge in [-0.25, -0.2) is 0 Å². The van der Waals surface area contributed by atoms with Crippen molar-refractivity contribution < 1.29 is 14.3 Å². The van der Waals surface area contributed by atoms with Gasteiger partial charge >= 0.3 is 5.97 Å². The zero-order valence-corrected chi connectivity index (χ0v) is 11.4. The molecule has 0 bridgehead atoms. The van der Waals surface area contributed by atoms with Gasteiger partial charge in [0.05, 0.1) is 12.3 Å². The van der Waals surface area contributed by atoms with Crippen molar-refractivity contribution in [3.8, 4) is 0 Å². The third kappa shape index (κ3) is 2.40. The second kappa shape index (κ2) is 4.38. The maximum atomic E-state index is 12.1. The summed E-state index contributed by atoms with van der Waals surface area (Å²) in [5.74, 6) is 0.0446. The van der Waals surface area contributed by atoms with Crippen LogP contribution in [0.4, 0.5) is 0 Å². The molecule has 0 radical (unpaired) electrons. The number of carbonyl (C=O) groups is 2. The lowest BCUT2D eigenvalue weighted by Gasteiger charge is -2.09. The van der Waals surface area contributed by atoms with Crippen LogP contribution in [0.15, 0.2) is 23.8 Å². The minimum atomic E-state index is -0.353. The van der Waals surface area contributed by atoms with Crippen LogP contribution in [-0.2, 0) is 14.3 Å². The SMILES string of the molecule is CC(C)=C[C@H]1[C@H](C(=O)O[C@H]2C=CC(=O)C2)C1(C)C. The number of hydrogen-bond acceptors (Lipinski definition) is 3. The smallest absolute Gasteiger partial charge is 0.310 e. The highest BCUT2D eigenvalue weighted by molar-refractivity contribution is 5.93. The monoisotopic (exact) mass is 248 g/mol. The van der Waals surface area contributed by atoms with Crippen molar-refractivity contribution in [2.75, 3.05) is 0 Å². The lowest BCUT2D eigenvalue weighted by Crippen LogP contribution is -2.18. The summed E-state index contributed by atoms with van der Waals surface area (Å²) < 4.78 is 5.38. The third-order valence-electron chi connectivity index (χ3n) is 3.84. The van der Waals surface area contributed by atoms with Crippen molar-refractivity contribution in [2.45, 2.75) is 40.2 Å². The van der Waals surface area contributed by atoms with E-state index < -0.39 is 0 Å².